The van der Waals surface area contributed by atoms with Crippen LogP contribution in [0.1, 0.15) is 58.1 Å². The number of benzene rings is 1. The first kappa shape index (κ1) is 27.7. The molecule has 9 nitrogen and oxygen atoms in total. The molecule has 0 bridgehead atoms. The Kier molecular flexibility index (Phi) is 7.04. The van der Waals surface area contributed by atoms with E-state index < -0.39 is 30.0 Å². The van der Waals surface area contributed by atoms with E-state index in [0.717, 1.165) is 29.5 Å². The minimum atomic E-state index is -0.911. The molecule has 41 heavy (non-hydrogen) atoms. The Balaban J connectivity index is 1.29. The molecular weight excluding hydrogens is 518 g/mol. The lowest BCUT2D eigenvalue weighted by Crippen LogP contribution is -2.68. The lowest BCUT2D eigenvalue weighted by Gasteiger charge is -2.45. The maximum Gasteiger partial charge on any atom is 0.252 e. The number of likely N-dealkylation sites (N-methyl/N-ethyl adjacent to an activating group) is 1. The zero-order valence-corrected chi connectivity index (χ0v) is 24.6. The van der Waals surface area contributed by atoms with Crippen LogP contribution in [0.3, 0.4) is 0 Å². The molecule has 6 rings (SSSR count). The van der Waals surface area contributed by atoms with E-state index in [4.69, 9.17) is 0 Å². The van der Waals surface area contributed by atoms with Gasteiger partial charge < -0.3 is 15.2 Å². The molecule has 6 atom stereocenters. The number of hydrogen-bond acceptors (Lipinski definition) is 5. The zero-order chi connectivity index (χ0) is 29.2. The Morgan fingerprint density at radius 2 is 1.90 bits per heavy atom. The first-order valence-electron chi connectivity index (χ1n) is 15.1. The van der Waals surface area contributed by atoms with E-state index in [0.29, 0.717) is 25.9 Å². The van der Waals surface area contributed by atoms with Crippen molar-refractivity contribution in [2.24, 2.45) is 17.8 Å². The maximum atomic E-state index is 14.2. The van der Waals surface area contributed by atoms with Crippen LogP contribution in [0.2, 0.25) is 0 Å². The number of nitrogens with zero attached hydrogens (tertiary/aromatic N) is 3. The second-order valence-corrected chi connectivity index (χ2v) is 12.7. The van der Waals surface area contributed by atoms with Crippen LogP contribution in [-0.4, -0.2) is 87.6 Å². The van der Waals surface area contributed by atoms with Crippen LogP contribution in [-0.2, 0) is 25.6 Å². The number of imide groups is 1. The van der Waals surface area contributed by atoms with E-state index in [2.05, 4.69) is 39.6 Å². The van der Waals surface area contributed by atoms with E-state index in [1.54, 1.807) is 4.90 Å². The predicted octanol–water partition coefficient (Wildman–Crippen LogP) is 2.95. The lowest BCUT2D eigenvalue weighted by atomic mass is 9.79. The molecule has 4 heterocycles. The van der Waals surface area contributed by atoms with Gasteiger partial charge in [0.25, 0.3) is 11.8 Å². The summed E-state index contributed by atoms with van der Waals surface area (Å²) in [6.45, 7) is 8.70. The second kappa shape index (κ2) is 10.4. The molecule has 2 fully saturated rings. The summed E-state index contributed by atoms with van der Waals surface area (Å²) in [4.78, 5) is 63.7. The molecule has 4 amide bonds. The number of fused-ring (bicyclic) bond motifs is 3. The highest BCUT2D eigenvalue weighted by molar-refractivity contribution is 6.09. The molecule has 9 heteroatoms. The number of carbonyl (C=O) groups is 4. The average molecular weight is 560 g/mol. The molecule has 2 saturated heterocycles. The normalized spacial score (nSPS) is 27.5. The highest BCUT2D eigenvalue weighted by atomic mass is 16.2. The summed E-state index contributed by atoms with van der Waals surface area (Å²) in [6.07, 6.45) is 7.01. The molecule has 3 aliphatic heterocycles. The highest BCUT2D eigenvalue weighted by Gasteiger charge is 2.53. The van der Waals surface area contributed by atoms with Crippen LogP contribution >= 0.6 is 0 Å². The van der Waals surface area contributed by atoms with E-state index in [-0.39, 0.29) is 35.6 Å². The van der Waals surface area contributed by atoms with Crippen LogP contribution < -0.4 is 5.32 Å². The number of H-pyrrole nitrogens is 1. The first-order chi connectivity index (χ1) is 19.6. The number of amides is 4. The number of aromatic amines is 1. The third-order valence-electron chi connectivity index (χ3n) is 9.85. The summed E-state index contributed by atoms with van der Waals surface area (Å²) in [5, 5.41) is 4.24. The van der Waals surface area contributed by atoms with Gasteiger partial charge in [-0.3, -0.25) is 29.0 Å². The topological polar surface area (TPSA) is 106 Å². The summed E-state index contributed by atoms with van der Waals surface area (Å²) >= 11 is 0. The Morgan fingerprint density at radius 3 is 2.63 bits per heavy atom. The van der Waals surface area contributed by atoms with Crippen molar-refractivity contribution >= 4 is 40.1 Å². The molecule has 1 aliphatic carbocycles. The number of rotatable bonds is 6. The Morgan fingerprint density at radius 1 is 1.12 bits per heavy atom. The maximum absolute atomic E-state index is 14.2. The smallest absolute Gasteiger partial charge is 0.252 e. The fourth-order valence-electron chi connectivity index (χ4n) is 7.37. The van der Waals surface area contributed by atoms with Crippen molar-refractivity contribution < 1.29 is 19.2 Å². The van der Waals surface area contributed by atoms with Gasteiger partial charge in [0.1, 0.15) is 18.1 Å². The van der Waals surface area contributed by atoms with Crippen molar-refractivity contribution in [1.29, 1.82) is 0 Å². The van der Waals surface area contributed by atoms with Crippen LogP contribution in [0.4, 0.5) is 0 Å². The lowest BCUT2D eigenvalue weighted by molar-refractivity contribution is -0.169. The first-order valence-corrected chi connectivity index (χ1v) is 15.1. The third kappa shape index (κ3) is 4.40. The average Bonchev–Trinajstić information content (AvgIpc) is 3.62. The van der Waals surface area contributed by atoms with Gasteiger partial charge in [-0.05, 0) is 60.9 Å². The summed E-state index contributed by atoms with van der Waals surface area (Å²) in [7, 11) is 2.04. The van der Waals surface area contributed by atoms with Crippen molar-refractivity contribution in [3.63, 3.8) is 0 Å². The van der Waals surface area contributed by atoms with Crippen LogP contribution in [0.5, 0.6) is 0 Å². The number of aromatic nitrogens is 1. The molecular formula is C32H41N5O4. The molecule has 2 aromatic rings. The van der Waals surface area contributed by atoms with Crippen LogP contribution in [0, 0.1) is 17.8 Å². The molecule has 4 aliphatic rings. The van der Waals surface area contributed by atoms with Crippen molar-refractivity contribution in [2.75, 3.05) is 20.1 Å². The van der Waals surface area contributed by atoms with Crippen molar-refractivity contribution in [2.45, 2.75) is 77.5 Å². The molecule has 1 aromatic carbocycles. The fraction of sp³-hybridized carbons (Fsp3) is 0.562. The molecule has 0 spiro atoms. The van der Waals surface area contributed by atoms with Gasteiger partial charge in [0.05, 0.1) is 5.92 Å². The predicted molar refractivity (Wildman–Crippen MR) is 156 cm³/mol. The zero-order valence-electron chi connectivity index (χ0n) is 24.6. The van der Waals surface area contributed by atoms with E-state index >= 15 is 0 Å². The summed E-state index contributed by atoms with van der Waals surface area (Å²) in [5.41, 5.74) is 4.66. The Labute approximate surface area is 241 Å². The SMILES string of the molecule is CC[C@H](C)[C@H]1C(=O)N2CCC[C@@H]2C(=O)N1C(=O)[C@H](NC(=O)[C@@H]1C=C2c3cccc4[nH]cc(c34)CC2N(C)C1)C(C)C. The summed E-state index contributed by atoms with van der Waals surface area (Å²) in [6, 6.07) is 4.07. The van der Waals surface area contributed by atoms with Gasteiger partial charge in [0.2, 0.25) is 11.8 Å². The van der Waals surface area contributed by atoms with Crippen LogP contribution in [0.15, 0.2) is 30.5 Å². The van der Waals surface area contributed by atoms with Gasteiger partial charge in [0, 0.05) is 36.2 Å². The molecule has 0 saturated carbocycles. The van der Waals surface area contributed by atoms with Crippen molar-refractivity contribution in [3.05, 3.63) is 41.6 Å². The number of nitrogens with one attached hydrogen (secondary N) is 2. The van der Waals surface area contributed by atoms with Gasteiger partial charge >= 0.3 is 0 Å². The van der Waals surface area contributed by atoms with E-state index in [1.165, 1.54) is 15.8 Å². The molecule has 0 radical (unpaired) electrons. The molecule has 218 valence electrons. The van der Waals surface area contributed by atoms with Gasteiger partial charge in [-0.25, -0.2) is 0 Å². The molecule has 1 aromatic heterocycles. The third-order valence-corrected chi connectivity index (χ3v) is 9.85. The largest absolute Gasteiger partial charge is 0.361 e. The second-order valence-electron chi connectivity index (χ2n) is 12.7. The summed E-state index contributed by atoms with van der Waals surface area (Å²) < 4.78 is 0. The monoisotopic (exact) mass is 559 g/mol. The van der Waals surface area contributed by atoms with E-state index in [1.807, 2.05) is 40.8 Å². The number of carbonyl (C=O) groups excluding carboxylic acids is 4. The van der Waals surface area contributed by atoms with Gasteiger partial charge in [-0.1, -0.05) is 52.3 Å². The Bertz CT molecular complexity index is 1440. The van der Waals surface area contributed by atoms with Gasteiger partial charge in [-0.15, -0.1) is 0 Å². The van der Waals surface area contributed by atoms with Gasteiger partial charge in [0.15, 0.2) is 0 Å². The Hall–Kier alpha value is -3.46. The van der Waals surface area contributed by atoms with E-state index in [9.17, 15) is 19.2 Å². The molecule has 1 unspecified atom stereocenters. The number of piperazine rings is 1. The highest BCUT2D eigenvalue weighted by Crippen LogP contribution is 2.41. The number of hydrogen-bond donors (Lipinski definition) is 2. The minimum absolute atomic E-state index is 0.149. The quantitative estimate of drug-likeness (QED) is 0.566. The van der Waals surface area contributed by atoms with Crippen molar-refractivity contribution in [3.8, 4) is 0 Å². The van der Waals surface area contributed by atoms with Crippen LogP contribution in [0.25, 0.3) is 16.5 Å². The standard InChI is InChI=1S/C32H41N5O4/c1-6-18(4)28-32(41)36-12-8-11-24(36)30(39)37(28)31(40)27(17(2)3)34-29(38)20-13-22-21-9-7-10-23-26(21)19(15-33-23)14-25(22)35(5)16-20/h7,9-10,13,15,17-18,20,24-25,27-28,33H,6,8,11-12,14,16H2,1-5H3,(H,34,38)/t18-,20+,24+,25?,27+,28-/m0/s1. The molecule has 2 N–H and O–H groups in total. The van der Waals surface area contributed by atoms with Gasteiger partial charge in [-0.2, -0.15) is 0 Å². The fourth-order valence-corrected chi connectivity index (χ4v) is 7.37. The van der Waals surface area contributed by atoms with Crippen molar-refractivity contribution in [1.82, 2.24) is 25.0 Å². The summed E-state index contributed by atoms with van der Waals surface area (Å²) in [5.74, 6) is -2.06. The minimum Gasteiger partial charge on any atom is -0.361 e.